The number of hydrogen-bond acceptors (Lipinski definition) is 0. The van der Waals surface area contributed by atoms with Gasteiger partial charge in [-0.2, -0.15) is 0 Å². The van der Waals surface area contributed by atoms with Crippen LogP contribution < -0.4 is 0 Å². The molecule has 5 atom stereocenters. The maximum atomic E-state index is 1.64. The maximum absolute atomic E-state index is 1.64. The molecule has 0 aromatic rings. The van der Waals surface area contributed by atoms with Crippen LogP contribution >= 0.6 is 0 Å². The van der Waals surface area contributed by atoms with Crippen LogP contribution in [-0.2, 0) is 0 Å². The minimum atomic E-state index is 1.09. The van der Waals surface area contributed by atoms with Gasteiger partial charge in [0.1, 0.15) is 0 Å². The fraction of sp³-hybridized carbons (Fsp3) is 1.00. The molecule has 6 fully saturated rings. The van der Waals surface area contributed by atoms with Crippen molar-refractivity contribution < 1.29 is 0 Å². The topological polar surface area (TPSA) is 0 Å². The predicted octanol–water partition coefficient (Wildman–Crippen LogP) is 1.27. The summed E-state index contributed by atoms with van der Waals surface area (Å²) < 4.78 is 0. The summed E-state index contributed by atoms with van der Waals surface area (Å²) in [7, 11) is 0. The lowest BCUT2D eigenvalue weighted by Gasteiger charge is -2.32. The van der Waals surface area contributed by atoms with E-state index in [-0.39, 0.29) is 0 Å². The van der Waals surface area contributed by atoms with Crippen molar-refractivity contribution in [3.63, 3.8) is 0 Å². The zero-order valence-electron chi connectivity index (χ0n) is 4.22. The van der Waals surface area contributed by atoms with Crippen molar-refractivity contribution in [2.75, 3.05) is 0 Å². The summed E-state index contributed by atoms with van der Waals surface area (Å²) >= 11 is 0. The van der Waals surface area contributed by atoms with Crippen LogP contribution in [0.5, 0.6) is 0 Å². The Balaban J connectivity index is 2.18. The molecule has 36 valence electrons. The number of rotatable bonds is 0. The Hall–Kier alpha value is 0. The van der Waals surface area contributed by atoms with Crippen LogP contribution in [0.3, 0.4) is 0 Å². The molecule has 6 rings (SSSR count). The molecule has 1 spiro atoms. The van der Waals surface area contributed by atoms with Crippen molar-refractivity contribution in [1.82, 2.24) is 0 Å². The van der Waals surface area contributed by atoms with Gasteiger partial charge < -0.3 is 0 Å². The SMILES string of the molecule is C1CC23C4C1[C@H]2C43. The second kappa shape index (κ2) is 0.375. The predicted molar refractivity (Wildman–Crippen MR) is 25.6 cm³/mol. The van der Waals surface area contributed by atoms with Crippen molar-refractivity contribution in [2.45, 2.75) is 12.8 Å². The summed E-state index contributed by atoms with van der Waals surface area (Å²) in [4.78, 5) is 0. The Bertz CT molecular complexity index is 159. The quantitative estimate of drug-likeness (QED) is 0.422. The lowest BCUT2D eigenvalue weighted by atomic mass is 9.72. The lowest BCUT2D eigenvalue weighted by Crippen LogP contribution is -2.29. The first kappa shape index (κ1) is 2.52. The Morgan fingerprint density at radius 3 is 2.14 bits per heavy atom. The van der Waals surface area contributed by atoms with Gasteiger partial charge in [0.05, 0.1) is 0 Å². The van der Waals surface area contributed by atoms with E-state index in [1.807, 2.05) is 0 Å². The third-order valence-corrected chi connectivity index (χ3v) is 4.25. The fourth-order valence-electron chi connectivity index (χ4n) is 3.93. The normalized spacial score (nSPS) is 96.0. The zero-order valence-corrected chi connectivity index (χ0v) is 4.22. The van der Waals surface area contributed by atoms with E-state index in [4.69, 9.17) is 0 Å². The Kier molecular flexibility index (Phi) is 0.135. The van der Waals surface area contributed by atoms with Crippen LogP contribution in [0.25, 0.3) is 0 Å². The second-order valence-electron chi connectivity index (χ2n) is 3.89. The van der Waals surface area contributed by atoms with Crippen LogP contribution in [0.4, 0.5) is 0 Å². The molecule has 0 amide bonds. The van der Waals surface area contributed by atoms with Gasteiger partial charge >= 0.3 is 0 Å². The first-order chi connectivity index (χ1) is 3.46. The molecule has 0 aliphatic heterocycles. The molecule has 0 saturated heterocycles. The van der Waals surface area contributed by atoms with E-state index in [1.54, 1.807) is 12.8 Å². The highest BCUT2D eigenvalue weighted by Gasteiger charge is 3.01. The van der Waals surface area contributed by atoms with Crippen molar-refractivity contribution >= 4 is 0 Å². The van der Waals surface area contributed by atoms with Gasteiger partial charge in [0.15, 0.2) is 0 Å². The smallest absolute Gasteiger partial charge is 0.0195 e. The van der Waals surface area contributed by atoms with Crippen molar-refractivity contribution in [3.8, 4) is 0 Å². The molecular formula is C7H8. The first-order valence-corrected chi connectivity index (χ1v) is 3.46. The number of hydrogen-bond donors (Lipinski definition) is 0. The standard InChI is InChI=1S/C7H8/c1-2-7-4-3(1)5(7)6(4)7/h3-6H,1-2H2/t3?,4-,5?,6?,7?/m0/s1. The van der Waals surface area contributed by atoms with Crippen LogP contribution in [0, 0.1) is 29.1 Å². The highest BCUT2D eigenvalue weighted by atomic mass is 15.0. The highest BCUT2D eigenvalue weighted by Crippen LogP contribution is 3.05. The monoisotopic (exact) mass is 92.1 g/mol. The summed E-state index contributed by atoms with van der Waals surface area (Å²) in [5.41, 5.74) is 1.09. The Morgan fingerprint density at radius 2 is 2.00 bits per heavy atom. The van der Waals surface area contributed by atoms with Gasteiger partial charge in [-0.1, -0.05) is 0 Å². The van der Waals surface area contributed by atoms with E-state index < -0.39 is 0 Å². The molecule has 0 heterocycles. The average molecular weight is 92.1 g/mol. The van der Waals surface area contributed by atoms with E-state index in [9.17, 15) is 0 Å². The maximum Gasteiger partial charge on any atom is -0.0195 e. The molecule has 6 aliphatic rings. The van der Waals surface area contributed by atoms with Gasteiger partial charge in [-0.15, -0.1) is 0 Å². The van der Waals surface area contributed by atoms with Crippen molar-refractivity contribution in [2.24, 2.45) is 29.1 Å². The van der Waals surface area contributed by atoms with E-state index in [1.165, 1.54) is 23.7 Å². The molecule has 4 bridgehead atoms. The van der Waals surface area contributed by atoms with E-state index >= 15 is 0 Å². The molecule has 0 aromatic heterocycles. The summed E-state index contributed by atoms with van der Waals surface area (Å²) in [5, 5.41) is 0. The summed E-state index contributed by atoms with van der Waals surface area (Å²) in [6.07, 6.45) is 3.25. The van der Waals surface area contributed by atoms with E-state index in [2.05, 4.69) is 0 Å². The van der Waals surface area contributed by atoms with E-state index in [0.717, 1.165) is 5.41 Å². The second-order valence-corrected chi connectivity index (χ2v) is 3.89. The average Bonchev–Trinajstić information content (AvgIpc) is 2.18. The van der Waals surface area contributed by atoms with Gasteiger partial charge in [0.2, 0.25) is 0 Å². The van der Waals surface area contributed by atoms with Gasteiger partial charge in [0, 0.05) is 0 Å². The Morgan fingerprint density at radius 1 is 1.14 bits per heavy atom. The molecule has 6 saturated carbocycles. The van der Waals surface area contributed by atoms with Gasteiger partial charge in [0.25, 0.3) is 0 Å². The van der Waals surface area contributed by atoms with Gasteiger partial charge in [-0.3, -0.25) is 0 Å². The van der Waals surface area contributed by atoms with E-state index in [0.29, 0.717) is 0 Å². The molecule has 6 aliphatic carbocycles. The Labute approximate surface area is 42.9 Å². The molecule has 0 aromatic carbocycles. The van der Waals surface area contributed by atoms with Gasteiger partial charge in [-0.25, -0.2) is 0 Å². The van der Waals surface area contributed by atoms with Crippen LogP contribution in [0.15, 0.2) is 0 Å². The minimum Gasteiger partial charge on any atom is -0.0493 e. The van der Waals surface area contributed by atoms with Gasteiger partial charge in [-0.05, 0) is 41.9 Å². The molecule has 0 nitrogen and oxygen atoms in total. The summed E-state index contributed by atoms with van der Waals surface area (Å²) in [6.45, 7) is 0. The number of fused-ring (bicyclic) bond motifs is 1. The largest absolute Gasteiger partial charge is 0.0493 e. The fourth-order valence-corrected chi connectivity index (χ4v) is 3.93. The lowest BCUT2D eigenvalue weighted by molar-refractivity contribution is 0.141. The molecule has 0 radical (unpaired) electrons. The molecule has 4 unspecified atom stereocenters. The molecular weight excluding hydrogens is 84.1 g/mol. The zero-order chi connectivity index (χ0) is 4.22. The third kappa shape index (κ3) is 0.0741. The third-order valence-electron chi connectivity index (χ3n) is 4.25. The van der Waals surface area contributed by atoms with Crippen LogP contribution in [0.1, 0.15) is 12.8 Å². The first-order valence-electron chi connectivity index (χ1n) is 3.46. The van der Waals surface area contributed by atoms with Crippen molar-refractivity contribution in [1.29, 1.82) is 0 Å². The minimum absolute atomic E-state index is 1.09. The summed E-state index contributed by atoms with van der Waals surface area (Å²) in [5.74, 6) is 5.24. The van der Waals surface area contributed by atoms with Crippen LogP contribution in [0.2, 0.25) is 0 Å². The highest BCUT2D eigenvalue weighted by molar-refractivity contribution is 5.48. The molecule has 7 heavy (non-hydrogen) atoms. The van der Waals surface area contributed by atoms with Crippen molar-refractivity contribution in [3.05, 3.63) is 0 Å². The molecule has 0 heteroatoms. The molecule has 0 N–H and O–H groups in total. The summed E-state index contributed by atoms with van der Waals surface area (Å²) in [6, 6.07) is 0. The van der Waals surface area contributed by atoms with Crippen LogP contribution in [-0.4, -0.2) is 0 Å².